The van der Waals surface area contributed by atoms with Crippen LogP contribution in [0.2, 0.25) is 0 Å². The summed E-state index contributed by atoms with van der Waals surface area (Å²) in [6.07, 6.45) is 1.87. The molecule has 0 amide bonds. The van der Waals surface area contributed by atoms with Crippen molar-refractivity contribution in [2.24, 2.45) is 4.99 Å². The molecule has 0 N–H and O–H groups in total. The lowest BCUT2D eigenvalue weighted by Crippen LogP contribution is -2.03. The number of hydrogen-bond donors (Lipinski definition) is 0. The largest absolute Gasteiger partial charge is 0.278 e. The zero-order valence-electron chi connectivity index (χ0n) is 6.29. The van der Waals surface area contributed by atoms with Gasteiger partial charge in [0, 0.05) is 10.7 Å². The minimum Gasteiger partial charge on any atom is -0.207 e. The molecule has 0 heterocycles. The lowest BCUT2D eigenvalue weighted by atomic mass is 10.6. The zero-order chi connectivity index (χ0) is 9.78. The molecule has 3 nitrogen and oxygen atoms in total. The maximum Gasteiger partial charge on any atom is 0.278 e. The van der Waals surface area contributed by atoms with E-state index in [4.69, 9.17) is 10.7 Å². The lowest BCUT2D eigenvalue weighted by Gasteiger charge is -1.92. The van der Waals surface area contributed by atoms with Gasteiger partial charge >= 0.3 is 0 Å². The Labute approximate surface area is 74.7 Å². The van der Waals surface area contributed by atoms with Crippen molar-refractivity contribution >= 4 is 24.8 Å². The topological polar surface area (TPSA) is 46.5 Å². The minimum absolute atomic E-state index is 0.597. The zero-order valence-corrected chi connectivity index (χ0v) is 7.86. The minimum atomic E-state index is -4.00. The number of aliphatic imine (C=N–C) groups is 1. The van der Waals surface area contributed by atoms with Crippen molar-refractivity contribution in [3.63, 3.8) is 0 Å². The third-order valence-corrected chi connectivity index (χ3v) is 2.11. The quantitative estimate of drug-likeness (QED) is 0.303. The molecule has 0 aliphatic rings. The second-order valence-corrected chi connectivity index (χ2v) is 4.22. The molecule has 0 bridgehead atoms. The van der Waals surface area contributed by atoms with Crippen molar-refractivity contribution < 1.29 is 12.8 Å². The van der Waals surface area contributed by atoms with Gasteiger partial charge in [0.25, 0.3) is 9.05 Å². The van der Waals surface area contributed by atoms with Crippen LogP contribution in [0, 0.1) is 0 Å². The summed E-state index contributed by atoms with van der Waals surface area (Å²) >= 11 is 0. The Morgan fingerprint density at radius 2 is 2.17 bits per heavy atom. The summed E-state index contributed by atoms with van der Waals surface area (Å²) in [6.45, 7) is 4.50. The fraction of sp³-hybridized carbons (Fsp3) is 0.167. The maximum absolute atomic E-state index is 12.4. The number of rotatable bonds is 2. The Balaban J connectivity index is 5.08. The molecule has 6 heteroatoms. The average molecular weight is 212 g/mol. The van der Waals surface area contributed by atoms with Gasteiger partial charge < -0.3 is 0 Å². The Hall–Kier alpha value is -0.680. The van der Waals surface area contributed by atoms with Gasteiger partial charge in [-0.3, -0.25) is 0 Å². The molecule has 0 aromatic rings. The van der Waals surface area contributed by atoms with Gasteiger partial charge in [-0.2, -0.15) is 4.39 Å². The van der Waals surface area contributed by atoms with Crippen molar-refractivity contribution in [3.05, 3.63) is 24.7 Å². The number of allylic oxidation sites excluding steroid dienone is 1. The summed E-state index contributed by atoms with van der Waals surface area (Å²) in [7, 11) is 0.880. The molecule has 0 saturated heterocycles. The van der Waals surface area contributed by atoms with Crippen molar-refractivity contribution in [2.45, 2.75) is 6.92 Å². The SMILES string of the molecule is C=CC(=N/C(F)=C\C)S(=O)(=O)Cl. The van der Waals surface area contributed by atoms with Gasteiger partial charge in [-0.15, -0.1) is 0 Å². The number of halogens is 2. The molecule has 0 atom stereocenters. The highest BCUT2D eigenvalue weighted by atomic mass is 35.7. The Morgan fingerprint density at radius 1 is 1.67 bits per heavy atom. The van der Waals surface area contributed by atoms with Crippen LogP contribution in [-0.2, 0) is 9.05 Å². The second-order valence-electron chi connectivity index (χ2n) is 1.70. The summed E-state index contributed by atoms with van der Waals surface area (Å²) in [6, 6.07) is 0. The predicted molar refractivity (Wildman–Crippen MR) is 47.3 cm³/mol. The molecule has 0 radical (unpaired) electrons. The summed E-state index contributed by atoms with van der Waals surface area (Å²) < 4.78 is 33.6. The van der Waals surface area contributed by atoms with Gasteiger partial charge in [0.05, 0.1) is 0 Å². The van der Waals surface area contributed by atoms with Crippen LogP contribution in [0.15, 0.2) is 29.7 Å². The lowest BCUT2D eigenvalue weighted by molar-refractivity contribution is 0.615. The van der Waals surface area contributed by atoms with Gasteiger partial charge in [-0.25, -0.2) is 13.4 Å². The van der Waals surface area contributed by atoms with Crippen LogP contribution in [0.5, 0.6) is 0 Å². The molecule has 0 aromatic heterocycles. The molecule has 0 saturated carbocycles. The third-order valence-electron chi connectivity index (χ3n) is 0.880. The summed E-state index contributed by atoms with van der Waals surface area (Å²) in [5.74, 6) is -0.922. The molecule has 0 fully saturated rings. The van der Waals surface area contributed by atoms with Crippen molar-refractivity contribution in [2.75, 3.05) is 0 Å². The van der Waals surface area contributed by atoms with Crippen LogP contribution in [0.25, 0.3) is 0 Å². The molecule has 0 unspecified atom stereocenters. The van der Waals surface area contributed by atoms with E-state index in [1.165, 1.54) is 6.92 Å². The molecular weight excluding hydrogens is 205 g/mol. The smallest absolute Gasteiger partial charge is 0.207 e. The van der Waals surface area contributed by atoms with Crippen molar-refractivity contribution in [1.82, 2.24) is 0 Å². The van der Waals surface area contributed by atoms with Crippen LogP contribution >= 0.6 is 10.7 Å². The molecule has 0 aromatic carbocycles. The Bertz CT molecular complexity index is 331. The predicted octanol–water partition coefficient (Wildman–Crippen LogP) is 1.97. The van der Waals surface area contributed by atoms with E-state index >= 15 is 0 Å². The first-order valence-corrected chi connectivity index (χ1v) is 5.20. The third kappa shape index (κ3) is 3.64. The molecular formula is C6H7ClFNO2S. The van der Waals surface area contributed by atoms with E-state index in [0.717, 1.165) is 12.2 Å². The van der Waals surface area contributed by atoms with E-state index in [-0.39, 0.29) is 0 Å². The standard InChI is InChI=1S/C6H7ClFNO2S/c1-3-5(8)9-6(4-2)12(7,10)11/h3-4H,2H2,1H3/b5-3-,9-6?. The Kier molecular flexibility index (Phi) is 4.12. The average Bonchev–Trinajstić information content (AvgIpc) is 1.97. The summed E-state index contributed by atoms with van der Waals surface area (Å²) in [5, 5.41) is -0.597. The maximum atomic E-state index is 12.4. The van der Waals surface area contributed by atoms with E-state index in [2.05, 4.69) is 11.6 Å². The fourth-order valence-electron chi connectivity index (χ4n) is 0.370. The van der Waals surface area contributed by atoms with E-state index in [1.807, 2.05) is 0 Å². The van der Waals surface area contributed by atoms with Crippen molar-refractivity contribution in [3.8, 4) is 0 Å². The van der Waals surface area contributed by atoms with E-state index in [1.54, 1.807) is 0 Å². The highest BCUT2D eigenvalue weighted by Gasteiger charge is 2.12. The normalized spacial score (nSPS) is 14.6. The monoisotopic (exact) mass is 211 g/mol. The van der Waals surface area contributed by atoms with Gasteiger partial charge in [0.15, 0.2) is 5.04 Å². The highest BCUT2D eigenvalue weighted by molar-refractivity contribution is 8.26. The van der Waals surface area contributed by atoms with Crippen LogP contribution in [0.4, 0.5) is 4.39 Å². The highest BCUT2D eigenvalue weighted by Crippen LogP contribution is 2.06. The number of nitrogens with zero attached hydrogens (tertiary/aromatic N) is 1. The first-order valence-electron chi connectivity index (χ1n) is 2.89. The van der Waals surface area contributed by atoms with Crippen LogP contribution in [-0.4, -0.2) is 13.5 Å². The van der Waals surface area contributed by atoms with Gasteiger partial charge in [-0.1, -0.05) is 6.58 Å². The number of hydrogen-bond acceptors (Lipinski definition) is 3. The molecule has 0 rings (SSSR count). The molecule has 0 spiro atoms. The van der Waals surface area contributed by atoms with Gasteiger partial charge in [-0.05, 0) is 19.1 Å². The van der Waals surface area contributed by atoms with E-state index in [9.17, 15) is 12.8 Å². The molecule has 0 aliphatic heterocycles. The van der Waals surface area contributed by atoms with Gasteiger partial charge in [0.1, 0.15) is 0 Å². The molecule has 0 aliphatic carbocycles. The summed E-state index contributed by atoms with van der Waals surface area (Å²) in [4.78, 5) is 3.06. The molecule has 68 valence electrons. The van der Waals surface area contributed by atoms with Crippen molar-refractivity contribution in [1.29, 1.82) is 0 Å². The fourth-order valence-corrected chi connectivity index (χ4v) is 1.06. The summed E-state index contributed by atoms with van der Waals surface area (Å²) in [5.41, 5.74) is 0. The van der Waals surface area contributed by atoms with Crippen LogP contribution in [0.3, 0.4) is 0 Å². The Morgan fingerprint density at radius 3 is 2.42 bits per heavy atom. The van der Waals surface area contributed by atoms with E-state index in [0.29, 0.717) is 0 Å². The first kappa shape index (κ1) is 11.3. The van der Waals surface area contributed by atoms with Crippen LogP contribution < -0.4 is 0 Å². The van der Waals surface area contributed by atoms with Crippen LogP contribution in [0.1, 0.15) is 6.92 Å². The first-order chi connectivity index (χ1) is 5.41. The molecule has 12 heavy (non-hydrogen) atoms. The second kappa shape index (κ2) is 4.37. The van der Waals surface area contributed by atoms with E-state index < -0.39 is 20.0 Å². The van der Waals surface area contributed by atoms with Gasteiger partial charge in [0.2, 0.25) is 5.95 Å².